The van der Waals surface area contributed by atoms with E-state index >= 15 is 0 Å². The fourth-order valence-electron chi connectivity index (χ4n) is 7.88. The summed E-state index contributed by atoms with van der Waals surface area (Å²) >= 11 is 1.88. The minimum Gasteiger partial charge on any atom is -0.255 e. The van der Waals surface area contributed by atoms with E-state index in [-0.39, 0.29) is 0 Å². The molecule has 3 heterocycles. The van der Waals surface area contributed by atoms with Gasteiger partial charge in [-0.25, -0.2) is 9.97 Å². The van der Waals surface area contributed by atoms with Crippen LogP contribution < -0.4 is 0 Å². The molecule has 0 saturated carbocycles. The summed E-state index contributed by atoms with van der Waals surface area (Å²) in [5.74, 6) is 0.676. The van der Waals surface area contributed by atoms with Crippen LogP contribution in [-0.4, -0.2) is 15.0 Å². The highest BCUT2D eigenvalue weighted by atomic mass is 32.2. The number of hydrogen-bond acceptors (Lipinski definition) is 4. The van der Waals surface area contributed by atoms with Gasteiger partial charge in [-0.1, -0.05) is 157 Å². The van der Waals surface area contributed by atoms with Crippen LogP contribution in [0.5, 0.6) is 0 Å². The van der Waals surface area contributed by atoms with Gasteiger partial charge >= 0.3 is 0 Å². The van der Waals surface area contributed by atoms with Gasteiger partial charge in [0.2, 0.25) is 0 Å². The van der Waals surface area contributed by atoms with Crippen LogP contribution in [0.1, 0.15) is 22.3 Å². The van der Waals surface area contributed by atoms with E-state index in [1.807, 2.05) is 54.2 Å². The molecule has 2 aromatic heterocycles. The third-order valence-electron chi connectivity index (χ3n) is 10.1. The van der Waals surface area contributed by atoms with Gasteiger partial charge in [-0.15, -0.1) is 0 Å². The number of rotatable bonds is 4. The van der Waals surface area contributed by atoms with Crippen LogP contribution in [0.3, 0.4) is 0 Å². The van der Waals surface area contributed by atoms with E-state index in [1.165, 1.54) is 48.7 Å². The molecule has 0 fully saturated rings. The molecular formula is C46H29N3S. The van der Waals surface area contributed by atoms with E-state index in [4.69, 9.17) is 9.97 Å². The molecule has 0 N–H and O–H groups in total. The Kier molecular flexibility index (Phi) is 6.64. The predicted molar refractivity (Wildman–Crippen MR) is 203 cm³/mol. The second-order valence-electron chi connectivity index (χ2n) is 12.7. The van der Waals surface area contributed by atoms with Crippen molar-refractivity contribution in [3.05, 3.63) is 198 Å². The van der Waals surface area contributed by atoms with E-state index in [0.29, 0.717) is 5.82 Å². The Bertz CT molecular complexity index is 2460. The van der Waals surface area contributed by atoms with Crippen molar-refractivity contribution in [3.63, 3.8) is 0 Å². The molecule has 0 amide bonds. The van der Waals surface area contributed by atoms with Crippen molar-refractivity contribution in [1.82, 2.24) is 15.0 Å². The zero-order valence-corrected chi connectivity index (χ0v) is 27.8. The monoisotopic (exact) mass is 655 g/mol. The Morgan fingerprint density at radius 3 is 1.74 bits per heavy atom. The molecule has 2 aliphatic rings. The fraction of sp³-hybridized carbons (Fsp3) is 0.0217. The van der Waals surface area contributed by atoms with Gasteiger partial charge < -0.3 is 0 Å². The topological polar surface area (TPSA) is 38.7 Å². The summed E-state index contributed by atoms with van der Waals surface area (Å²) in [5, 5.41) is 0. The van der Waals surface area contributed by atoms with Crippen molar-refractivity contribution in [2.75, 3.05) is 0 Å². The first-order valence-electron chi connectivity index (χ1n) is 16.9. The van der Waals surface area contributed by atoms with Crippen LogP contribution in [0.2, 0.25) is 0 Å². The van der Waals surface area contributed by atoms with Crippen molar-refractivity contribution in [3.8, 4) is 56.3 Å². The minimum absolute atomic E-state index is 0.395. The summed E-state index contributed by atoms with van der Waals surface area (Å²) in [6.45, 7) is 0. The van der Waals surface area contributed by atoms with Gasteiger partial charge in [-0.05, 0) is 68.8 Å². The third kappa shape index (κ3) is 4.35. The van der Waals surface area contributed by atoms with Crippen LogP contribution in [-0.2, 0) is 5.41 Å². The van der Waals surface area contributed by atoms with Crippen molar-refractivity contribution in [1.29, 1.82) is 0 Å². The molecule has 0 atom stereocenters. The summed E-state index contributed by atoms with van der Waals surface area (Å²) in [4.78, 5) is 17.2. The van der Waals surface area contributed by atoms with E-state index in [2.05, 4.69) is 132 Å². The first-order chi connectivity index (χ1) is 24.8. The normalized spacial score (nSPS) is 13.3. The van der Waals surface area contributed by atoms with Gasteiger partial charge in [0.05, 0.1) is 22.5 Å². The predicted octanol–water partition coefficient (Wildman–Crippen LogP) is 11.4. The smallest absolute Gasteiger partial charge is 0.160 e. The van der Waals surface area contributed by atoms with E-state index in [0.717, 1.165) is 33.8 Å². The molecule has 10 rings (SSSR count). The Morgan fingerprint density at radius 1 is 0.400 bits per heavy atom. The van der Waals surface area contributed by atoms with Crippen molar-refractivity contribution < 1.29 is 0 Å². The lowest BCUT2D eigenvalue weighted by molar-refractivity contribution is 0.723. The number of fused-ring (bicyclic) bond motifs is 9. The van der Waals surface area contributed by atoms with Crippen LogP contribution >= 0.6 is 11.8 Å². The Balaban J connectivity index is 1.13. The molecule has 8 aromatic rings. The Morgan fingerprint density at radius 2 is 1.00 bits per heavy atom. The summed E-state index contributed by atoms with van der Waals surface area (Å²) < 4.78 is 0. The summed E-state index contributed by atoms with van der Waals surface area (Å²) in [6.07, 6.45) is 1.80. The average molecular weight is 656 g/mol. The third-order valence-corrected chi connectivity index (χ3v) is 11.3. The summed E-state index contributed by atoms with van der Waals surface area (Å²) in [6, 6.07) is 60.7. The largest absolute Gasteiger partial charge is 0.255 e. The van der Waals surface area contributed by atoms with Gasteiger partial charge in [0.25, 0.3) is 0 Å². The number of aromatic nitrogens is 3. The van der Waals surface area contributed by atoms with E-state index < -0.39 is 5.41 Å². The second-order valence-corrected chi connectivity index (χ2v) is 13.8. The first kappa shape index (κ1) is 28.9. The van der Waals surface area contributed by atoms with Crippen LogP contribution in [0.15, 0.2) is 186 Å². The number of pyridine rings is 1. The lowest BCUT2D eigenvalue weighted by atomic mass is 9.67. The van der Waals surface area contributed by atoms with Gasteiger partial charge in [-0.3, -0.25) is 4.98 Å². The molecule has 50 heavy (non-hydrogen) atoms. The molecule has 4 heteroatoms. The number of hydrogen-bond donors (Lipinski definition) is 0. The van der Waals surface area contributed by atoms with Crippen LogP contribution in [0.4, 0.5) is 0 Å². The molecule has 0 saturated heterocycles. The molecular weight excluding hydrogens is 627 g/mol. The summed E-state index contributed by atoms with van der Waals surface area (Å²) in [5.41, 5.74) is 14.5. The van der Waals surface area contributed by atoms with Gasteiger partial charge in [-0.2, -0.15) is 0 Å². The van der Waals surface area contributed by atoms with E-state index in [9.17, 15) is 0 Å². The zero-order valence-electron chi connectivity index (χ0n) is 27.0. The molecule has 0 radical (unpaired) electrons. The van der Waals surface area contributed by atoms with Gasteiger partial charge in [0.1, 0.15) is 0 Å². The molecule has 0 unspecified atom stereocenters. The van der Waals surface area contributed by atoms with E-state index in [1.54, 1.807) is 6.20 Å². The van der Waals surface area contributed by atoms with Crippen molar-refractivity contribution in [2.45, 2.75) is 15.2 Å². The lowest BCUT2D eigenvalue weighted by Crippen LogP contribution is -2.32. The number of benzene rings is 6. The highest BCUT2D eigenvalue weighted by Gasteiger charge is 2.50. The summed E-state index contributed by atoms with van der Waals surface area (Å²) in [7, 11) is 0. The van der Waals surface area contributed by atoms with Crippen molar-refractivity contribution >= 4 is 11.8 Å². The zero-order chi connectivity index (χ0) is 33.1. The quantitative estimate of drug-likeness (QED) is 0.189. The second kappa shape index (κ2) is 11.5. The van der Waals surface area contributed by atoms with Crippen molar-refractivity contribution in [2.24, 2.45) is 0 Å². The molecule has 1 aliphatic heterocycles. The number of nitrogens with zero attached hydrogens (tertiary/aromatic N) is 3. The standard InChI is InChI=1S/C46H29N3S/c1-2-13-31(14-3-1)41-29-42(40-22-10-11-28-47-40)49-45(48-41)32-26-24-30(25-27-32)33-17-12-21-39-44(33)50-43-23-9-8-20-38(43)46(39)36-18-6-4-15-34(36)35-16-5-7-19-37(35)46/h1-29H. The highest BCUT2D eigenvalue weighted by Crippen LogP contribution is 2.63. The molecule has 3 nitrogen and oxygen atoms in total. The first-order valence-corrected chi connectivity index (χ1v) is 17.7. The molecule has 6 aromatic carbocycles. The SMILES string of the molecule is c1ccc(-c2cc(-c3ccccn3)nc(-c3ccc(-c4cccc5c4Sc4ccccc4C54c5ccccc5-c5ccccc54)cc3)n2)cc1. The molecule has 1 spiro atoms. The van der Waals surface area contributed by atoms with Crippen LogP contribution in [0, 0.1) is 0 Å². The van der Waals surface area contributed by atoms with Gasteiger partial charge in [0, 0.05) is 27.1 Å². The van der Waals surface area contributed by atoms with Crippen LogP contribution in [0.25, 0.3) is 56.3 Å². The molecule has 0 bridgehead atoms. The van der Waals surface area contributed by atoms with Gasteiger partial charge in [0.15, 0.2) is 5.82 Å². The maximum absolute atomic E-state index is 5.04. The maximum atomic E-state index is 5.04. The lowest BCUT2D eigenvalue weighted by Gasteiger charge is -2.40. The highest BCUT2D eigenvalue weighted by molar-refractivity contribution is 7.99. The molecule has 1 aliphatic carbocycles. The average Bonchev–Trinajstić information content (AvgIpc) is 3.49. The Labute approximate surface area is 295 Å². The minimum atomic E-state index is -0.395. The maximum Gasteiger partial charge on any atom is 0.160 e. The Hall–Kier alpha value is -6.10. The fourth-order valence-corrected chi connectivity index (χ4v) is 9.21. The molecule has 234 valence electrons.